The lowest BCUT2D eigenvalue weighted by atomic mass is 10.3. The fourth-order valence-electron chi connectivity index (χ4n) is 1.86. The minimum Gasteiger partial charge on any atom is -0.488 e. The minimum atomic E-state index is 0.459. The van der Waals surface area contributed by atoms with Crippen LogP contribution in [0.4, 0.5) is 0 Å². The smallest absolute Gasteiger partial charge is 0.131 e. The van der Waals surface area contributed by atoms with Crippen molar-refractivity contribution in [2.45, 2.75) is 13.2 Å². The van der Waals surface area contributed by atoms with Crippen LogP contribution in [-0.4, -0.2) is 4.98 Å². The third-order valence-corrected chi connectivity index (χ3v) is 3.81. The highest BCUT2D eigenvalue weighted by molar-refractivity contribution is 7.09. The Morgan fingerprint density at radius 1 is 0.762 bits per heavy atom. The summed E-state index contributed by atoms with van der Waals surface area (Å²) in [7, 11) is 0. The number of rotatable bonds is 6. The Labute approximate surface area is 127 Å². The van der Waals surface area contributed by atoms with Crippen molar-refractivity contribution in [1.29, 1.82) is 0 Å². The molecule has 0 saturated carbocycles. The summed E-state index contributed by atoms with van der Waals surface area (Å²) < 4.78 is 11.5. The highest BCUT2D eigenvalue weighted by Crippen LogP contribution is 2.19. The monoisotopic (exact) mass is 297 g/mol. The van der Waals surface area contributed by atoms with Crippen molar-refractivity contribution in [2.75, 3.05) is 0 Å². The zero-order valence-corrected chi connectivity index (χ0v) is 12.3. The Morgan fingerprint density at radius 2 is 1.33 bits per heavy atom. The topological polar surface area (TPSA) is 31.4 Å². The SMILES string of the molecule is c1ccc(OCc2ncsc2COc2ccccc2)cc1. The largest absolute Gasteiger partial charge is 0.488 e. The van der Waals surface area contributed by atoms with E-state index in [4.69, 9.17) is 9.47 Å². The number of thiazole rings is 1. The van der Waals surface area contributed by atoms with E-state index in [0.29, 0.717) is 13.2 Å². The van der Waals surface area contributed by atoms with E-state index in [9.17, 15) is 0 Å². The average molecular weight is 297 g/mol. The van der Waals surface area contributed by atoms with Crippen molar-refractivity contribution in [3.8, 4) is 11.5 Å². The number of para-hydroxylation sites is 2. The maximum Gasteiger partial charge on any atom is 0.131 e. The molecule has 3 rings (SSSR count). The maximum absolute atomic E-state index is 5.76. The van der Waals surface area contributed by atoms with Crippen molar-refractivity contribution in [3.63, 3.8) is 0 Å². The Kier molecular flexibility index (Phi) is 4.49. The Hall–Kier alpha value is -2.33. The summed E-state index contributed by atoms with van der Waals surface area (Å²) in [4.78, 5) is 5.45. The van der Waals surface area contributed by atoms with E-state index in [1.54, 1.807) is 11.3 Å². The van der Waals surface area contributed by atoms with Crippen LogP contribution in [0, 0.1) is 0 Å². The summed E-state index contributed by atoms with van der Waals surface area (Å²) in [6.45, 7) is 0.975. The van der Waals surface area contributed by atoms with E-state index in [1.807, 2.05) is 66.2 Å². The van der Waals surface area contributed by atoms with Gasteiger partial charge >= 0.3 is 0 Å². The van der Waals surface area contributed by atoms with Crippen LogP contribution in [0.1, 0.15) is 10.6 Å². The van der Waals surface area contributed by atoms with Gasteiger partial charge in [0.25, 0.3) is 0 Å². The van der Waals surface area contributed by atoms with Crippen LogP contribution in [0.2, 0.25) is 0 Å². The lowest BCUT2D eigenvalue weighted by Gasteiger charge is -2.07. The van der Waals surface area contributed by atoms with E-state index < -0.39 is 0 Å². The standard InChI is InChI=1S/C17H15NO2S/c1-3-7-14(8-4-1)19-11-16-17(21-13-18-16)12-20-15-9-5-2-6-10-15/h1-10,13H,11-12H2. The molecule has 4 heteroatoms. The predicted octanol–water partition coefficient (Wildman–Crippen LogP) is 4.30. The molecule has 0 atom stereocenters. The normalized spacial score (nSPS) is 10.3. The number of ether oxygens (including phenoxy) is 2. The molecule has 0 fully saturated rings. The van der Waals surface area contributed by atoms with Gasteiger partial charge in [-0.2, -0.15) is 0 Å². The molecule has 2 aromatic carbocycles. The molecule has 0 saturated heterocycles. The molecule has 1 heterocycles. The van der Waals surface area contributed by atoms with Gasteiger partial charge in [-0.1, -0.05) is 36.4 Å². The second kappa shape index (κ2) is 6.90. The first-order valence-corrected chi connectivity index (χ1v) is 7.57. The van der Waals surface area contributed by atoms with Gasteiger partial charge in [0.05, 0.1) is 16.1 Å². The molecule has 0 bridgehead atoms. The second-order valence-electron chi connectivity index (χ2n) is 4.43. The van der Waals surface area contributed by atoms with Gasteiger partial charge in [-0.15, -0.1) is 11.3 Å². The van der Waals surface area contributed by atoms with E-state index in [-0.39, 0.29) is 0 Å². The Bertz CT molecular complexity index is 610. The van der Waals surface area contributed by atoms with E-state index in [1.165, 1.54) is 0 Å². The van der Waals surface area contributed by atoms with Gasteiger partial charge in [0.15, 0.2) is 0 Å². The fraction of sp³-hybridized carbons (Fsp3) is 0.118. The van der Waals surface area contributed by atoms with Crippen molar-refractivity contribution < 1.29 is 9.47 Å². The second-order valence-corrected chi connectivity index (χ2v) is 5.37. The van der Waals surface area contributed by atoms with Crippen LogP contribution in [0.15, 0.2) is 66.2 Å². The van der Waals surface area contributed by atoms with Crippen LogP contribution in [0.5, 0.6) is 11.5 Å². The summed E-state index contributed by atoms with van der Waals surface area (Å²) in [5.41, 5.74) is 2.76. The first kappa shape index (κ1) is 13.6. The van der Waals surface area contributed by atoms with Crippen LogP contribution >= 0.6 is 11.3 Å². The number of hydrogen-bond donors (Lipinski definition) is 0. The molecule has 21 heavy (non-hydrogen) atoms. The van der Waals surface area contributed by atoms with Gasteiger partial charge in [0, 0.05) is 0 Å². The molecule has 1 aromatic heterocycles. The number of hydrogen-bond acceptors (Lipinski definition) is 4. The lowest BCUT2D eigenvalue weighted by Crippen LogP contribution is -2.01. The summed E-state index contributed by atoms with van der Waals surface area (Å²) >= 11 is 1.59. The highest BCUT2D eigenvalue weighted by Gasteiger charge is 2.08. The van der Waals surface area contributed by atoms with Gasteiger partial charge < -0.3 is 9.47 Å². The van der Waals surface area contributed by atoms with E-state index in [0.717, 1.165) is 22.1 Å². The lowest BCUT2D eigenvalue weighted by molar-refractivity contribution is 0.285. The number of benzene rings is 2. The molecule has 3 nitrogen and oxygen atoms in total. The zero-order valence-electron chi connectivity index (χ0n) is 11.4. The van der Waals surface area contributed by atoms with Crippen molar-refractivity contribution in [3.05, 3.63) is 76.7 Å². The first-order chi connectivity index (χ1) is 10.4. The molecule has 0 aliphatic rings. The predicted molar refractivity (Wildman–Crippen MR) is 83.7 cm³/mol. The number of aromatic nitrogens is 1. The first-order valence-electron chi connectivity index (χ1n) is 6.69. The summed E-state index contributed by atoms with van der Waals surface area (Å²) in [5.74, 6) is 1.71. The Balaban J connectivity index is 1.59. The van der Waals surface area contributed by atoms with Gasteiger partial charge in [-0.3, -0.25) is 0 Å². The molecule has 0 aliphatic heterocycles. The van der Waals surface area contributed by atoms with E-state index in [2.05, 4.69) is 4.98 Å². The summed E-state index contributed by atoms with van der Waals surface area (Å²) in [6, 6.07) is 19.5. The molecular weight excluding hydrogens is 282 g/mol. The quantitative estimate of drug-likeness (QED) is 0.679. The molecule has 0 spiro atoms. The Morgan fingerprint density at radius 3 is 1.95 bits per heavy atom. The third-order valence-electron chi connectivity index (χ3n) is 2.96. The molecule has 106 valence electrons. The van der Waals surface area contributed by atoms with Crippen LogP contribution in [0.3, 0.4) is 0 Å². The van der Waals surface area contributed by atoms with Crippen molar-refractivity contribution in [2.24, 2.45) is 0 Å². The maximum atomic E-state index is 5.76. The fourth-order valence-corrected chi connectivity index (χ4v) is 2.54. The van der Waals surface area contributed by atoms with Crippen LogP contribution in [-0.2, 0) is 13.2 Å². The van der Waals surface area contributed by atoms with Gasteiger partial charge in [-0.25, -0.2) is 4.98 Å². The molecule has 0 amide bonds. The van der Waals surface area contributed by atoms with Gasteiger partial charge in [-0.05, 0) is 24.3 Å². The molecule has 0 N–H and O–H groups in total. The van der Waals surface area contributed by atoms with Crippen LogP contribution in [0.25, 0.3) is 0 Å². The van der Waals surface area contributed by atoms with Crippen molar-refractivity contribution in [1.82, 2.24) is 4.98 Å². The summed E-state index contributed by atoms with van der Waals surface area (Å²) in [5, 5.41) is 0. The number of nitrogens with zero attached hydrogens (tertiary/aromatic N) is 1. The van der Waals surface area contributed by atoms with Crippen molar-refractivity contribution >= 4 is 11.3 Å². The summed E-state index contributed by atoms with van der Waals surface area (Å²) in [6.07, 6.45) is 0. The molecule has 3 aromatic rings. The molecular formula is C17H15NO2S. The molecule has 0 aliphatic carbocycles. The van der Waals surface area contributed by atoms with Gasteiger partial charge in [0.2, 0.25) is 0 Å². The molecule has 0 radical (unpaired) electrons. The highest BCUT2D eigenvalue weighted by atomic mass is 32.1. The minimum absolute atomic E-state index is 0.459. The molecule has 0 unspecified atom stereocenters. The third kappa shape index (κ3) is 3.83. The zero-order chi connectivity index (χ0) is 14.3. The van der Waals surface area contributed by atoms with Gasteiger partial charge in [0.1, 0.15) is 24.7 Å². The van der Waals surface area contributed by atoms with E-state index >= 15 is 0 Å². The average Bonchev–Trinajstić information content (AvgIpc) is 3.00. The van der Waals surface area contributed by atoms with Crippen LogP contribution < -0.4 is 9.47 Å².